The van der Waals surface area contributed by atoms with E-state index in [9.17, 15) is 5.26 Å². The summed E-state index contributed by atoms with van der Waals surface area (Å²) < 4.78 is 13.2. The van der Waals surface area contributed by atoms with Crippen molar-refractivity contribution in [2.45, 2.75) is 116 Å². The number of hydrogen-bond acceptors (Lipinski definition) is 3. The van der Waals surface area contributed by atoms with Crippen LogP contribution in [0, 0.1) is 51.8 Å². The number of nitrogens with zero attached hydrogens (tertiary/aromatic N) is 1. The zero-order chi connectivity index (χ0) is 22.8. The molecule has 9 atom stereocenters. The number of methoxy groups -OCH3 is 1. The molecule has 4 aliphatic carbocycles. The lowest BCUT2D eigenvalue weighted by molar-refractivity contribution is -0.182. The van der Waals surface area contributed by atoms with Crippen LogP contribution in [0.3, 0.4) is 0 Å². The molecular weight excluding hydrogens is 398 g/mol. The van der Waals surface area contributed by atoms with Crippen LogP contribution in [0.1, 0.15) is 86.0 Å². The second kappa shape index (κ2) is 7.85. The highest BCUT2D eigenvalue weighted by Gasteiger charge is 2.63. The van der Waals surface area contributed by atoms with Crippen LogP contribution in [0.2, 0.25) is 18.1 Å². The molecule has 0 aromatic rings. The zero-order valence-corrected chi connectivity index (χ0v) is 22.5. The summed E-state index contributed by atoms with van der Waals surface area (Å²) in [6.45, 7) is 16.9. The summed E-state index contributed by atoms with van der Waals surface area (Å²) in [6, 6.07) is 2.68. The lowest BCUT2D eigenvalue weighted by atomic mass is 9.44. The van der Waals surface area contributed by atoms with Gasteiger partial charge in [-0.25, -0.2) is 0 Å². The maximum Gasteiger partial charge on any atom is 0.192 e. The molecule has 4 rings (SSSR count). The van der Waals surface area contributed by atoms with Gasteiger partial charge >= 0.3 is 0 Å². The quantitative estimate of drug-likeness (QED) is 0.432. The van der Waals surface area contributed by atoms with Crippen LogP contribution in [-0.2, 0) is 9.16 Å². The van der Waals surface area contributed by atoms with Gasteiger partial charge in [-0.15, -0.1) is 0 Å². The smallest absolute Gasteiger partial charge is 0.192 e. The van der Waals surface area contributed by atoms with Crippen LogP contribution in [0.25, 0.3) is 0 Å². The van der Waals surface area contributed by atoms with Gasteiger partial charge in [-0.05, 0) is 104 Å². The fourth-order valence-corrected chi connectivity index (χ4v) is 9.85. The van der Waals surface area contributed by atoms with E-state index in [1.165, 1.54) is 38.5 Å². The van der Waals surface area contributed by atoms with Gasteiger partial charge in [0.25, 0.3) is 0 Å². The average Bonchev–Trinajstić information content (AvgIpc) is 3.02. The van der Waals surface area contributed by atoms with Crippen LogP contribution in [0.5, 0.6) is 0 Å². The number of fused-ring (bicyclic) bond motifs is 5. The second-order valence-corrected chi connectivity index (χ2v) is 18.4. The molecule has 2 unspecified atom stereocenters. The van der Waals surface area contributed by atoms with Crippen LogP contribution in [-0.4, -0.2) is 27.6 Å². The number of ether oxygens (including phenoxy) is 1. The standard InChI is InChI=1S/C27H47NO2Si/c1-25(2,3)31(7,8)30-20-13-14-26(4)18(15-20)9-11-21-22-12-10-19(17-28)27(22,5)16-23(29-6)24(21)26/h18-24H,9-16H2,1-8H3/t18-,19+,20?,21-,22-,23+,24?,26-,27+/m0/s1. The zero-order valence-electron chi connectivity index (χ0n) is 21.5. The first-order valence-corrected chi connectivity index (χ1v) is 15.9. The van der Waals surface area contributed by atoms with Crippen LogP contribution >= 0.6 is 0 Å². The second-order valence-electron chi connectivity index (χ2n) is 13.6. The van der Waals surface area contributed by atoms with Gasteiger partial charge in [0.05, 0.1) is 18.1 Å². The van der Waals surface area contributed by atoms with Crippen molar-refractivity contribution in [3.05, 3.63) is 0 Å². The summed E-state index contributed by atoms with van der Waals surface area (Å²) in [7, 11) is 0.209. The Morgan fingerprint density at radius 3 is 2.32 bits per heavy atom. The van der Waals surface area contributed by atoms with Gasteiger partial charge in [0.2, 0.25) is 0 Å². The highest BCUT2D eigenvalue weighted by molar-refractivity contribution is 6.74. The van der Waals surface area contributed by atoms with Crippen molar-refractivity contribution < 1.29 is 9.16 Å². The molecule has 0 amide bonds. The summed E-state index contributed by atoms with van der Waals surface area (Å²) in [4.78, 5) is 0. The van der Waals surface area contributed by atoms with E-state index >= 15 is 0 Å². The highest BCUT2D eigenvalue weighted by atomic mass is 28.4. The van der Waals surface area contributed by atoms with Gasteiger partial charge in [0.15, 0.2) is 8.32 Å². The molecule has 0 aliphatic heterocycles. The Labute approximate surface area is 192 Å². The molecular formula is C27H47NO2Si. The van der Waals surface area contributed by atoms with Crippen LogP contribution < -0.4 is 0 Å². The summed E-state index contributed by atoms with van der Waals surface area (Å²) >= 11 is 0. The van der Waals surface area contributed by atoms with Gasteiger partial charge in [0, 0.05) is 13.2 Å². The predicted octanol–water partition coefficient (Wildman–Crippen LogP) is 7.18. The Morgan fingerprint density at radius 1 is 1.00 bits per heavy atom. The van der Waals surface area contributed by atoms with Gasteiger partial charge in [-0.1, -0.05) is 34.6 Å². The SMILES string of the molecule is CO[C@@H]1C[C@]2(C)[C@@H](C#N)CC[C@H]2[C@@H]2CC[C@H]3CC(O[Si](C)(C)C(C)(C)C)CC[C@]3(C)C21. The topological polar surface area (TPSA) is 42.2 Å². The van der Waals surface area contributed by atoms with Gasteiger partial charge in [-0.2, -0.15) is 5.26 Å². The number of hydrogen-bond donors (Lipinski definition) is 0. The molecule has 4 heteroatoms. The molecule has 4 fully saturated rings. The minimum absolute atomic E-state index is 0.155. The van der Waals surface area contributed by atoms with E-state index < -0.39 is 8.32 Å². The Bertz CT molecular complexity index is 724. The molecule has 0 N–H and O–H groups in total. The summed E-state index contributed by atoms with van der Waals surface area (Å²) in [5.41, 5.74) is 0.519. The molecule has 4 aliphatic rings. The van der Waals surface area contributed by atoms with E-state index in [0.29, 0.717) is 29.5 Å². The van der Waals surface area contributed by atoms with Crippen molar-refractivity contribution in [1.29, 1.82) is 5.26 Å². The molecule has 4 saturated carbocycles. The Hall–Kier alpha value is -0.373. The van der Waals surface area contributed by atoms with E-state index in [1.807, 2.05) is 7.11 Å². The van der Waals surface area contributed by atoms with E-state index in [2.05, 4.69) is 53.8 Å². The minimum Gasteiger partial charge on any atom is -0.414 e. The molecule has 3 nitrogen and oxygen atoms in total. The van der Waals surface area contributed by atoms with E-state index in [4.69, 9.17) is 9.16 Å². The lowest BCUT2D eigenvalue weighted by Gasteiger charge is -2.63. The van der Waals surface area contributed by atoms with E-state index in [1.54, 1.807) is 0 Å². The molecule has 0 spiro atoms. The normalized spacial score (nSPS) is 47.8. The first-order chi connectivity index (χ1) is 14.4. The molecule has 0 saturated heterocycles. The van der Waals surface area contributed by atoms with Crippen molar-refractivity contribution in [3.63, 3.8) is 0 Å². The third-order valence-electron chi connectivity index (χ3n) is 11.3. The van der Waals surface area contributed by atoms with E-state index in [-0.39, 0.29) is 16.4 Å². The van der Waals surface area contributed by atoms with Crippen molar-refractivity contribution in [2.75, 3.05) is 7.11 Å². The van der Waals surface area contributed by atoms with Crippen LogP contribution in [0.15, 0.2) is 0 Å². The van der Waals surface area contributed by atoms with E-state index in [0.717, 1.165) is 24.7 Å². The summed E-state index contributed by atoms with van der Waals surface area (Å²) in [5, 5.41) is 10.1. The maximum atomic E-state index is 9.84. The molecule has 0 bridgehead atoms. The third-order valence-corrected chi connectivity index (χ3v) is 15.8. The first kappa shape index (κ1) is 23.8. The summed E-state index contributed by atoms with van der Waals surface area (Å²) in [5.74, 6) is 3.08. The highest BCUT2D eigenvalue weighted by Crippen LogP contribution is 2.68. The predicted molar refractivity (Wildman–Crippen MR) is 129 cm³/mol. The fourth-order valence-electron chi connectivity index (χ4n) is 8.44. The Kier molecular flexibility index (Phi) is 6.02. The molecule has 31 heavy (non-hydrogen) atoms. The molecule has 0 heterocycles. The number of nitriles is 1. The molecule has 0 radical (unpaired) electrons. The average molecular weight is 446 g/mol. The van der Waals surface area contributed by atoms with Crippen molar-refractivity contribution in [2.24, 2.45) is 40.4 Å². The molecule has 176 valence electrons. The summed E-state index contributed by atoms with van der Waals surface area (Å²) in [6.07, 6.45) is 10.6. The van der Waals surface area contributed by atoms with Gasteiger partial charge in [0.1, 0.15) is 0 Å². The minimum atomic E-state index is -1.72. The molecule has 0 aromatic carbocycles. The van der Waals surface area contributed by atoms with Crippen molar-refractivity contribution in [3.8, 4) is 6.07 Å². The van der Waals surface area contributed by atoms with Crippen molar-refractivity contribution in [1.82, 2.24) is 0 Å². The monoisotopic (exact) mass is 445 g/mol. The van der Waals surface area contributed by atoms with Crippen molar-refractivity contribution >= 4 is 8.32 Å². The first-order valence-electron chi connectivity index (χ1n) is 13.0. The molecule has 0 aromatic heterocycles. The largest absolute Gasteiger partial charge is 0.414 e. The maximum absolute atomic E-state index is 9.84. The third kappa shape index (κ3) is 3.66. The van der Waals surface area contributed by atoms with Gasteiger partial charge in [-0.3, -0.25) is 0 Å². The van der Waals surface area contributed by atoms with Gasteiger partial charge < -0.3 is 9.16 Å². The number of rotatable bonds is 3. The fraction of sp³-hybridized carbons (Fsp3) is 0.963. The van der Waals surface area contributed by atoms with Crippen LogP contribution in [0.4, 0.5) is 0 Å². The Balaban J connectivity index is 1.56. The Morgan fingerprint density at radius 2 is 1.71 bits per heavy atom. The lowest BCUT2D eigenvalue weighted by Crippen LogP contribution is -2.60.